The zero-order valence-corrected chi connectivity index (χ0v) is 18.4. The smallest absolute Gasteiger partial charge is 0.318 e. The van der Waals surface area contributed by atoms with E-state index < -0.39 is 5.60 Å². The summed E-state index contributed by atoms with van der Waals surface area (Å²) in [5.41, 5.74) is 2.48. The molecule has 3 heterocycles. The Labute approximate surface area is 185 Å². The van der Waals surface area contributed by atoms with Crippen LogP contribution in [0.3, 0.4) is 0 Å². The van der Waals surface area contributed by atoms with Gasteiger partial charge in [0.1, 0.15) is 0 Å². The first-order chi connectivity index (χ1) is 15.1. The van der Waals surface area contributed by atoms with E-state index in [1.807, 2.05) is 0 Å². The molecule has 6 fully saturated rings. The summed E-state index contributed by atoms with van der Waals surface area (Å²) in [6, 6.07) is 10.7. The van der Waals surface area contributed by atoms with Gasteiger partial charge in [-0.1, -0.05) is 18.2 Å². The van der Waals surface area contributed by atoms with Crippen LogP contribution in [0.25, 0.3) is 0 Å². The van der Waals surface area contributed by atoms with Gasteiger partial charge in [-0.3, -0.25) is 0 Å². The van der Waals surface area contributed by atoms with Gasteiger partial charge >= 0.3 is 6.03 Å². The first-order valence-corrected chi connectivity index (χ1v) is 12.7. The number of fused-ring (bicyclic) bond motifs is 3. The summed E-state index contributed by atoms with van der Waals surface area (Å²) < 4.78 is 0. The Balaban J connectivity index is 1.05. The van der Waals surface area contributed by atoms with Gasteiger partial charge in [0.2, 0.25) is 0 Å². The average Bonchev–Trinajstić information content (AvgIpc) is 3.28. The quantitative estimate of drug-likeness (QED) is 0.766. The fourth-order valence-corrected chi connectivity index (χ4v) is 8.91. The maximum atomic E-state index is 13.5. The van der Waals surface area contributed by atoms with E-state index in [4.69, 9.17) is 0 Å². The maximum Gasteiger partial charge on any atom is 0.318 e. The Morgan fingerprint density at radius 2 is 1.68 bits per heavy atom. The number of para-hydroxylation sites is 1. The van der Waals surface area contributed by atoms with E-state index in [9.17, 15) is 9.90 Å². The molecule has 4 saturated carbocycles. The molecule has 5 heteroatoms. The van der Waals surface area contributed by atoms with E-state index in [1.54, 1.807) is 0 Å². The van der Waals surface area contributed by atoms with Gasteiger partial charge in [-0.05, 0) is 93.6 Å². The van der Waals surface area contributed by atoms with Crippen molar-refractivity contribution >= 4 is 11.7 Å². The molecule has 0 radical (unpaired) electrons. The third-order valence-corrected chi connectivity index (χ3v) is 9.84. The molecule has 5 nitrogen and oxygen atoms in total. The van der Waals surface area contributed by atoms with Crippen LogP contribution in [-0.4, -0.2) is 52.4 Å². The lowest BCUT2D eigenvalue weighted by Crippen LogP contribution is -2.64. The highest BCUT2D eigenvalue weighted by atomic mass is 16.3. The summed E-state index contributed by atoms with van der Waals surface area (Å²) in [5, 5.41) is 14.4. The van der Waals surface area contributed by atoms with E-state index in [0.29, 0.717) is 35.9 Å². The summed E-state index contributed by atoms with van der Waals surface area (Å²) in [6.07, 6.45) is 10.9. The van der Waals surface area contributed by atoms with E-state index >= 15 is 0 Å². The number of piperidine rings is 1. The van der Waals surface area contributed by atoms with Gasteiger partial charge in [0, 0.05) is 36.4 Å². The molecule has 1 aromatic rings. The predicted octanol–water partition coefficient (Wildman–Crippen LogP) is 3.69. The Morgan fingerprint density at radius 3 is 2.39 bits per heavy atom. The molecule has 2 unspecified atom stereocenters. The van der Waals surface area contributed by atoms with E-state index in [-0.39, 0.29) is 12.1 Å². The van der Waals surface area contributed by atoms with Crippen molar-refractivity contribution in [1.82, 2.24) is 10.2 Å². The molecular weight excluding hydrogens is 386 g/mol. The van der Waals surface area contributed by atoms with Gasteiger partial charge in [0.15, 0.2) is 0 Å². The number of rotatable bonds is 2. The van der Waals surface area contributed by atoms with Crippen LogP contribution >= 0.6 is 0 Å². The summed E-state index contributed by atoms with van der Waals surface area (Å²) in [7, 11) is 0. The van der Waals surface area contributed by atoms with Crippen molar-refractivity contribution in [3.05, 3.63) is 29.8 Å². The minimum absolute atomic E-state index is 0.192. The average molecular weight is 422 g/mol. The topological polar surface area (TPSA) is 55.8 Å². The first-order valence-electron chi connectivity index (χ1n) is 12.7. The molecule has 6 bridgehead atoms. The van der Waals surface area contributed by atoms with Crippen LogP contribution in [0, 0.1) is 17.8 Å². The number of anilines is 1. The van der Waals surface area contributed by atoms with Crippen LogP contribution in [0.2, 0.25) is 0 Å². The molecule has 2 amide bonds. The highest BCUT2D eigenvalue weighted by molar-refractivity contribution is 5.76. The van der Waals surface area contributed by atoms with Gasteiger partial charge in [-0.2, -0.15) is 0 Å². The predicted molar refractivity (Wildman–Crippen MR) is 120 cm³/mol. The number of urea groups is 1. The Bertz CT molecular complexity index is 872. The van der Waals surface area contributed by atoms with Crippen LogP contribution in [0.5, 0.6) is 0 Å². The number of amides is 2. The number of aliphatic hydroxyl groups is 1. The lowest BCUT2D eigenvalue weighted by Gasteiger charge is -2.58. The monoisotopic (exact) mass is 421 g/mol. The van der Waals surface area contributed by atoms with E-state index in [2.05, 4.69) is 39.4 Å². The molecule has 7 aliphatic rings. The van der Waals surface area contributed by atoms with Gasteiger partial charge in [-0.25, -0.2) is 4.79 Å². The second-order valence-corrected chi connectivity index (χ2v) is 11.7. The number of nitrogens with one attached hydrogen (secondary N) is 1. The van der Waals surface area contributed by atoms with Gasteiger partial charge in [0.05, 0.1) is 5.60 Å². The van der Waals surface area contributed by atoms with Crippen molar-refractivity contribution in [2.45, 2.75) is 94.0 Å². The summed E-state index contributed by atoms with van der Waals surface area (Å²) in [4.78, 5) is 18.4. The SMILES string of the molecule is O=C(N[C@H]1C2CC3CC1C[C@](O)(C3)C2)N1[C@@H]2CC[C@H]1C[C@H](N1CCc3ccccc31)C2. The Morgan fingerprint density at radius 1 is 0.968 bits per heavy atom. The zero-order valence-electron chi connectivity index (χ0n) is 18.4. The maximum absolute atomic E-state index is 13.5. The van der Waals surface area contributed by atoms with Crippen molar-refractivity contribution < 1.29 is 9.90 Å². The molecule has 3 aliphatic heterocycles. The summed E-state index contributed by atoms with van der Waals surface area (Å²) in [5.74, 6) is 1.65. The minimum atomic E-state index is -0.429. The van der Waals surface area contributed by atoms with Crippen LogP contribution in [0.1, 0.15) is 63.4 Å². The molecule has 0 spiro atoms. The second kappa shape index (κ2) is 6.63. The Kier molecular flexibility index (Phi) is 4.02. The number of hydrogen-bond acceptors (Lipinski definition) is 3. The molecule has 8 rings (SSSR count). The molecule has 1 aromatic carbocycles. The summed E-state index contributed by atoms with van der Waals surface area (Å²) >= 11 is 0. The zero-order chi connectivity index (χ0) is 20.7. The lowest BCUT2D eigenvalue weighted by molar-refractivity contribution is -0.137. The third kappa shape index (κ3) is 2.88. The highest BCUT2D eigenvalue weighted by Gasteiger charge is 2.56. The molecule has 31 heavy (non-hydrogen) atoms. The van der Waals surface area contributed by atoms with Crippen LogP contribution in [0.15, 0.2) is 24.3 Å². The molecule has 166 valence electrons. The number of carbonyl (C=O) groups is 1. The summed E-state index contributed by atoms with van der Waals surface area (Å²) in [6.45, 7) is 1.13. The lowest BCUT2D eigenvalue weighted by atomic mass is 9.52. The normalized spacial score (nSPS) is 44.6. The number of benzene rings is 1. The van der Waals surface area contributed by atoms with Gasteiger partial charge < -0.3 is 20.2 Å². The molecule has 2 saturated heterocycles. The van der Waals surface area contributed by atoms with E-state index in [1.165, 1.54) is 24.1 Å². The Hall–Kier alpha value is -1.75. The molecule has 0 aromatic heterocycles. The van der Waals surface area contributed by atoms with Crippen LogP contribution in [-0.2, 0) is 6.42 Å². The second-order valence-electron chi connectivity index (χ2n) is 11.7. The van der Waals surface area contributed by atoms with Crippen molar-refractivity contribution in [1.29, 1.82) is 0 Å². The van der Waals surface area contributed by atoms with Crippen molar-refractivity contribution in [3.63, 3.8) is 0 Å². The van der Waals surface area contributed by atoms with Gasteiger partial charge in [-0.15, -0.1) is 0 Å². The van der Waals surface area contributed by atoms with Crippen LogP contribution in [0.4, 0.5) is 10.5 Å². The van der Waals surface area contributed by atoms with E-state index in [0.717, 1.165) is 57.9 Å². The van der Waals surface area contributed by atoms with Crippen molar-refractivity contribution in [2.75, 3.05) is 11.4 Å². The van der Waals surface area contributed by atoms with Gasteiger partial charge in [0.25, 0.3) is 0 Å². The highest BCUT2D eigenvalue weighted by Crippen LogP contribution is 2.55. The standard InChI is InChI=1S/C26H35N3O2/c30-25(27-24-18-9-16-10-19(24)15-26(31,13-16)14-18)29-20-5-6-21(29)12-22(11-20)28-8-7-17-3-1-2-4-23(17)28/h1-4,16,18-22,24,31H,5-15H2,(H,27,30)/t16?,18?,19?,20-,21+,22-,24-,26-. The molecule has 4 aliphatic carbocycles. The third-order valence-electron chi connectivity index (χ3n) is 9.84. The van der Waals surface area contributed by atoms with Crippen molar-refractivity contribution in [3.8, 4) is 0 Å². The fraction of sp³-hybridized carbons (Fsp3) is 0.731. The fourth-order valence-electron chi connectivity index (χ4n) is 8.91. The first kappa shape index (κ1) is 18.8. The van der Waals surface area contributed by atoms with Crippen LogP contribution < -0.4 is 10.2 Å². The number of hydrogen-bond donors (Lipinski definition) is 2. The molecular formula is C26H35N3O2. The molecule has 5 atom stereocenters. The molecule has 2 N–H and O–H groups in total. The number of carbonyl (C=O) groups excluding carboxylic acids is 1. The number of nitrogens with zero attached hydrogens (tertiary/aromatic N) is 2. The van der Waals surface area contributed by atoms with Crippen molar-refractivity contribution in [2.24, 2.45) is 17.8 Å². The largest absolute Gasteiger partial charge is 0.390 e. The minimum Gasteiger partial charge on any atom is -0.390 e.